The molecule has 0 fully saturated rings. The molecule has 86 valence electrons. The molecular formula is C11H21N3S. The molecule has 0 saturated carbocycles. The average molecular weight is 227 g/mol. The van der Waals surface area contributed by atoms with Crippen LogP contribution in [0.1, 0.15) is 27.2 Å². The molecule has 3 nitrogen and oxygen atoms in total. The number of hydrogen-bond acceptors (Lipinski definition) is 3. The molecule has 0 aliphatic carbocycles. The Morgan fingerprint density at radius 2 is 2.27 bits per heavy atom. The number of aromatic nitrogens is 2. The van der Waals surface area contributed by atoms with Crippen molar-refractivity contribution in [1.82, 2.24) is 15.1 Å². The summed E-state index contributed by atoms with van der Waals surface area (Å²) < 4.78 is 1.84. The Hall–Kier alpha value is -0.480. The topological polar surface area (TPSA) is 29.9 Å². The third-order valence-electron chi connectivity index (χ3n) is 2.38. The summed E-state index contributed by atoms with van der Waals surface area (Å²) in [5.41, 5.74) is 0. The van der Waals surface area contributed by atoms with Gasteiger partial charge in [0.25, 0.3) is 0 Å². The van der Waals surface area contributed by atoms with Crippen LogP contribution in [-0.2, 0) is 7.05 Å². The van der Waals surface area contributed by atoms with Crippen molar-refractivity contribution in [3.05, 3.63) is 12.4 Å². The van der Waals surface area contributed by atoms with Crippen molar-refractivity contribution in [3.8, 4) is 0 Å². The van der Waals surface area contributed by atoms with Gasteiger partial charge >= 0.3 is 0 Å². The lowest BCUT2D eigenvalue weighted by Gasteiger charge is -2.15. The van der Waals surface area contributed by atoms with Crippen LogP contribution in [0.5, 0.6) is 0 Å². The zero-order chi connectivity index (χ0) is 11.3. The molecule has 0 spiro atoms. The number of rotatable bonds is 6. The minimum absolute atomic E-state index is 0.586. The van der Waals surface area contributed by atoms with E-state index < -0.39 is 0 Å². The maximum Gasteiger partial charge on any atom is 0.0625 e. The first-order valence-electron chi connectivity index (χ1n) is 5.50. The largest absolute Gasteiger partial charge is 0.313 e. The van der Waals surface area contributed by atoms with Gasteiger partial charge in [-0.25, -0.2) is 0 Å². The highest BCUT2D eigenvalue weighted by molar-refractivity contribution is 8.00. The third-order valence-corrected chi connectivity index (χ3v) is 3.44. The van der Waals surface area contributed by atoms with E-state index >= 15 is 0 Å². The summed E-state index contributed by atoms with van der Waals surface area (Å²) in [6.45, 7) is 7.72. The first-order chi connectivity index (χ1) is 7.11. The maximum absolute atomic E-state index is 4.16. The highest BCUT2D eigenvalue weighted by atomic mass is 32.2. The van der Waals surface area contributed by atoms with Gasteiger partial charge in [0.05, 0.1) is 6.20 Å². The zero-order valence-corrected chi connectivity index (χ0v) is 10.8. The molecule has 1 aromatic rings. The van der Waals surface area contributed by atoms with Gasteiger partial charge in [0.2, 0.25) is 0 Å². The second kappa shape index (κ2) is 6.18. The van der Waals surface area contributed by atoms with Crippen LogP contribution in [0.2, 0.25) is 0 Å². The molecule has 0 radical (unpaired) electrons. The van der Waals surface area contributed by atoms with Gasteiger partial charge in [0.15, 0.2) is 0 Å². The lowest BCUT2D eigenvalue weighted by Crippen LogP contribution is -2.30. The Balaban J connectivity index is 2.27. The zero-order valence-electron chi connectivity index (χ0n) is 10.0. The Morgan fingerprint density at radius 1 is 1.53 bits per heavy atom. The van der Waals surface area contributed by atoms with Gasteiger partial charge < -0.3 is 5.32 Å². The van der Waals surface area contributed by atoms with Crippen LogP contribution in [0.3, 0.4) is 0 Å². The smallest absolute Gasteiger partial charge is 0.0625 e. The van der Waals surface area contributed by atoms with Crippen LogP contribution in [0.4, 0.5) is 0 Å². The summed E-state index contributed by atoms with van der Waals surface area (Å²) in [6.07, 6.45) is 5.17. The van der Waals surface area contributed by atoms with E-state index in [1.807, 2.05) is 29.7 Å². The molecule has 15 heavy (non-hydrogen) atoms. The normalized spacial score (nSPS) is 15.2. The Bertz CT molecular complexity index is 285. The van der Waals surface area contributed by atoms with E-state index in [2.05, 4.69) is 37.4 Å². The van der Waals surface area contributed by atoms with Crippen LogP contribution >= 0.6 is 11.8 Å². The minimum Gasteiger partial charge on any atom is -0.313 e. The van der Waals surface area contributed by atoms with Crippen molar-refractivity contribution in [2.24, 2.45) is 7.05 Å². The van der Waals surface area contributed by atoms with Gasteiger partial charge in [-0.15, -0.1) is 11.8 Å². The highest BCUT2D eigenvalue weighted by Gasteiger charge is 2.07. The Kier molecular flexibility index (Phi) is 5.19. The number of hydrogen-bond donors (Lipinski definition) is 1. The molecule has 2 unspecified atom stereocenters. The average Bonchev–Trinajstić information content (AvgIpc) is 2.60. The van der Waals surface area contributed by atoms with Crippen molar-refractivity contribution in [3.63, 3.8) is 0 Å². The number of nitrogens with one attached hydrogen (secondary N) is 1. The SMILES string of the molecule is CCC(C)NCC(C)Sc1cnn(C)c1. The first kappa shape index (κ1) is 12.6. The monoisotopic (exact) mass is 227 g/mol. The predicted molar refractivity (Wildman–Crippen MR) is 66.3 cm³/mol. The fourth-order valence-corrected chi connectivity index (χ4v) is 2.21. The van der Waals surface area contributed by atoms with E-state index in [4.69, 9.17) is 0 Å². The second-order valence-electron chi connectivity index (χ2n) is 4.00. The molecule has 4 heteroatoms. The molecule has 0 amide bonds. The molecule has 1 aromatic heterocycles. The highest BCUT2D eigenvalue weighted by Crippen LogP contribution is 2.21. The van der Waals surface area contributed by atoms with Crippen LogP contribution < -0.4 is 5.32 Å². The molecule has 1 rings (SSSR count). The molecule has 1 heterocycles. The maximum atomic E-state index is 4.16. The molecular weight excluding hydrogens is 206 g/mol. The van der Waals surface area contributed by atoms with Crippen LogP contribution in [0.15, 0.2) is 17.3 Å². The van der Waals surface area contributed by atoms with Crippen LogP contribution in [0.25, 0.3) is 0 Å². The molecule has 0 bridgehead atoms. The van der Waals surface area contributed by atoms with Crippen molar-refractivity contribution >= 4 is 11.8 Å². The fraction of sp³-hybridized carbons (Fsp3) is 0.727. The lowest BCUT2D eigenvalue weighted by molar-refractivity contribution is 0.537. The summed E-state index contributed by atoms with van der Waals surface area (Å²) in [6, 6.07) is 0.613. The van der Waals surface area contributed by atoms with E-state index in [1.54, 1.807) is 0 Å². The van der Waals surface area contributed by atoms with E-state index in [0.717, 1.165) is 6.54 Å². The van der Waals surface area contributed by atoms with Gasteiger partial charge in [0.1, 0.15) is 0 Å². The van der Waals surface area contributed by atoms with Gasteiger partial charge in [0, 0.05) is 36.0 Å². The van der Waals surface area contributed by atoms with Gasteiger partial charge in [-0.05, 0) is 13.3 Å². The Morgan fingerprint density at radius 3 is 2.80 bits per heavy atom. The van der Waals surface area contributed by atoms with E-state index in [9.17, 15) is 0 Å². The minimum atomic E-state index is 0.586. The second-order valence-corrected chi connectivity index (χ2v) is 5.51. The van der Waals surface area contributed by atoms with Crippen molar-refractivity contribution < 1.29 is 0 Å². The molecule has 2 atom stereocenters. The van der Waals surface area contributed by atoms with Gasteiger partial charge in [-0.1, -0.05) is 13.8 Å². The summed E-state index contributed by atoms with van der Waals surface area (Å²) in [5.74, 6) is 0. The lowest BCUT2D eigenvalue weighted by atomic mass is 10.2. The van der Waals surface area contributed by atoms with Crippen LogP contribution in [0, 0.1) is 0 Å². The Labute approximate surface area is 96.6 Å². The number of aryl methyl sites for hydroxylation is 1. The number of thioether (sulfide) groups is 1. The van der Waals surface area contributed by atoms with E-state index in [-0.39, 0.29) is 0 Å². The molecule has 0 aliphatic heterocycles. The molecule has 0 aliphatic rings. The predicted octanol–water partition coefficient (Wildman–Crippen LogP) is 2.29. The molecule has 0 aromatic carbocycles. The summed E-state index contributed by atoms with van der Waals surface area (Å²) in [7, 11) is 1.95. The fourth-order valence-electron chi connectivity index (χ4n) is 1.25. The van der Waals surface area contributed by atoms with Crippen molar-refractivity contribution in [1.29, 1.82) is 0 Å². The molecule has 1 N–H and O–H groups in total. The van der Waals surface area contributed by atoms with Gasteiger partial charge in [-0.2, -0.15) is 5.10 Å². The van der Waals surface area contributed by atoms with E-state index in [0.29, 0.717) is 11.3 Å². The summed E-state index contributed by atoms with van der Waals surface area (Å²) >= 11 is 1.87. The number of nitrogens with zero attached hydrogens (tertiary/aromatic N) is 2. The summed E-state index contributed by atoms with van der Waals surface area (Å²) in [4.78, 5) is 1.25. The summed E-state index contributed by atoms with van der Waals surface area (Å²) in [5, 5.41) is 8.25. The van der Waals surface area contributed by atoms with Crippen LogP contribution in [-0.4, -0.2) is 27.6 Å². The van der Waals surface area contributed by atoms with E-state index in [1.165, 1.54) is 11.3 Å². The molecule has 0 saturated heterocycles. The van der Waals surface area contributed by atoms with Crippen molar-refractivity contribution in [2.75, 3.05) is 6.54 Å². The standard InChI is InChI=1S/C11H21N3S/c1-5-9(2)12-6-10(3)15-11-7-13-14(4)8-11/h7-10,12H,5-6H2,1-4H3. The first-order valence-corrected chi connectivity index (χ1v) is 6.38. The quantitative estimate of drug-likeness (QED) is 0.756. The van der Waals surface area contributed by atoms with Crippen molar-refractivity contribution in [2.45, 2.75) is 43.4 Å². The third kappa shape index (κ3) is 4.71. The van der Waals surface area contributed by atoms with Gasteiger partial charge in [-0.3, -0.25) is 4.68 Å².